The van der Waals surface area contributed by atoms with Gasteiger partial charge in [0, 0.05) is 38.0 Å². The number of aromatic nitrogens is 1. The van der Waals surface area contributed by atoms with Crippen LogP contribution in [0, 0.1) is 16.0 Å². The molecule has 2 heterocycles. The predicted octanol–water partition coefficient (Wildman–Crippen LogP) is 4.76. The minimum absolute atomic E-state index is 0.170. The van der Waals surface area contributed by atoms with Gasteiger partial charge in [-0.3, -0.25) is 0 Å². The normalized spacial score (nSPS) is 18.6. The fourth-order valence-corrected chi connectivity index (χ4v) is 3.68. The van der Waals surface area contributed by atoms with Crippen LogP contribution >= 0.6 is 0 Å². The lowest BCUT2D eigenvalue weighted by atomic mass is 9.94. The lowest BCUT2D eigenvalue weighted by molar-refractivity contribution is -0.389. The lowest BCUT2D eigenvalue weighted by Crippen LogP contribution is -2.49. The number of allylic oxidation sites excluding steroid dienone is 1. The van der Waals surface area contributed by atoms with Gasteiger partial charge in [0.15, 0.2) is 11.9 Å². The Morgan fingerprint density at radius 3 is 2.66 bits per heavy atom. The van der Waals surface area contributed by atoms with Gasteiger partial charge in [0.1, 0.15) is 11.9 Å². The van der Waals surface area contributed by atoms with Crippen LogP contribution in [0.1, 0.15) is 19.4 Å². The Morgan fingerprint density at radius 1 is 1.31 bits per heavy atom. The first-order chi connectivity index (χ1) is 13.8. The van der Waals surface area contributed by atoms with Crippen molar-refractivity contribution in [1.29, 1.82) is 0 Å². The molecule has 0 fully saturated rings. The number of nitrogens with zero attached hydrogens (tertiary/aromatic N) is 4. The van der Waals surface area contributed by atoms with Gasteiger partial charge in [-0.25, -0.2) is 0 Å². The molecule has 2 unspecified atom stereocenters. The maximum absolute atomic E-state index is 10.7. The van der Waals surface area contributed by atoms with E-state index in [0.717, 1.165) is 23.2 Å². The van der Waals surface area contributed by atoms with E-state index in [9.17, 15) is 10.1 Å². The average molecular weight is 394 g/mol. The number of nitro groups is 1. The van der Waals surface area contributed by atoms with Crippen LogP contribution in [0.2, 0.25) is 0 Å². The molecule has 0 amide bonds. The Labute approximate surface area is 171 Å². The van der Waals surface area contributed by atoms with Gasteiger partial charge in [-0.15, -0.1) is 0 Å². The largest absolute Gasteiger partial charge is 0.453 e. The minimum Gasteiger partial charge on any atom is -0.453 e. The van der Waals surface area contributed by atoms with Crippen LogP contribution in [0.25, 0.3) is 0 Å². The standard InChI is InChI=1S/C22H26N4O3/c1-6-17-13-18(29-19-8-10-21(23-14-19)26(27)28)7-9-20(17)25(5)22-16(3)15(2)11-12-24(22)4/h7-14,16,22H,2,6H2,1,3-5H3. The highest BCUT2D eigenvalue weighted by atomic mass is 16.6. The third-order valence-electron chi connectivity index (χ3n) is 5.33. The van der Waals surface area contributed by atoms with Crippen molar-refractivity contribution in [3.8, 4) is 11.5 Å². The van der Waals surface area contributed by atoms with Crippen molar-refractivity contribution in [2.24, 2.45) is 5.92 Å². The van der Waals surface area contributed by atoms with E-state index in [-0.39, 0.29) is 12.0 Å². The molecular formula is C22H26N4O3. The number of hydrogen-bond acceptors (Lipinski definition) is 6. The summed E-state index contributed by atoms with van der Waals surface area (Å²) >= 11 is 0. The van der Waals surface area contributed by atoms with Crippen molar-refractivity contribution in [2.75, 3.05) is 19.0 Å². The molecule has 0 bridgehead atoms. The van der Waals surface area contributed by atoms with Crippen molar-refractivity contribution < 1.29 is 9.66 Å². The summed E-state index contributed by atoms with van der Waals surface area (Å²) in [6, 6.07) is 8.84. The van der Waals surface area contributed by atoms with Gasteiger partial charge in [0.05, 0.1) is 0 Å². The van der Waals surface area contributed by atoms with Crippen LogP contribution in [0.4, 0.5) is 11.5 Å². The molecule has 152 valence electrons. The van der Waals surface area contributed by atoms with Crippen molar-refractivity contribution in [2.45, 2.75) is 26.4 Å². The zero-order chi connectivity index (χ0) is 21.1. The summed E-state index contributed by atoms with van der Waals surface area (Å²) in [6.45, 7) is 8.46. The Balaban J connectivity index is 1.84. The highest BCUT2D eigenvalue weighted by molar-refractivity contribution is 5.57. The molecule has 1 aliphatic heterocycles. The summed E-state index contributed by atoms with van der Waals surface area (Å²) in [5.41, 5.74) is 3.40. The number of pyridine rings is 1. The third kappa shape index (κ3) is 4.23. The van der Waals surface area contributed by atoms with E-state index in [1.165, 1.54) is 12.3 Å². The van der Waals surface area contributed by atoms with Crippen LogP contribution in [-0.2, 0) is 6.42 Å². The average Bonchev–Trinajstić information content (AvgIpc) is 2.71. The molecule has 0 spiro atoms. The van der Waals surface area contributed by atoms with Crippen LogP contribution in [-0.4, -0.2) is 35.1 Å². The third-order valence-corrected chi connectivity index (χ3v) is 5.33. The molecule has 7 heteroatoms. The highest BCUT2D eigenvalue weighted by Crippen LogP contribution is 2.34. The quantitative estimate of drug-likeness (QED) is 0.520. The van der Waals surface area contributed by atoms with E-state index < -0.39 is 4.92 Å². The fraction of sp³-hybridized carbons (Fsp3) is 0.318. The summed E-state index contributed by atoms with van der Waals surface area (Å²) < 4.78 is 5.86. The van der Waals surface area contributed by atoms with Crippen molar-refractivity contribution >= 4 is 11.5 Å². The topological polar surface area (TPSA) is 71.7 Å². The number of rotatable bonds is 6. The van der Waals surface area contributed by atoms with E-state index in [4.69, 9.17) is 4.74 Å². The van der Waals surface area contributed by atoms with Crippen LogP contribution in [0.5, 0.6) is 11.5 Å². The van der Waals surface area contributed by atoms with E-state index in [0.29, 0.717) is 17.4 Å². The SMILES string of the molecule is C=C1C=CN(C)C(N(C)c2ccc(Oc3ccc([N+](=O)[O-])nc3)cc2CC)C1C. The molecule has 2 atom stereocenters. The molecule has 0 aliphatic carbocycles. The number of ether oxygens (including phenoxy) is 1. The van der Waals surface area contributed by atoms with Crippen molar-refractivity contribution in [3.63, 3.8) is 0 Å². The van der Waals surface area contributed by atoms with Gasteiger partial charge in [-0.05, 0) is 57.8 Å². The first-order valence-corrected chi connectivity index (χ1v) is 9.54. The van der Waals surface area contributed by atoms with E-state index in [2.05, 4.69) is 67.6 Å². The number of benzene rings is 1. The molecule has 0 N–H and O–H groups in total. The molecule has 0 saturated heterocycles. The Hall–Kier alpha value is -3.35. The summed E-state index contributed by atoms with van der Waals surface area (Å²) in [5, 5.41) is 10.7. The number of hydrogen-bond donors (Lipinski definition) is 0. The predicted molar refractivity (Wildman–Crippen MR) is 114 cm³/mol. The lowest BCUT2D eigenvalue weighted by Gasteiger charge is -2.43. The second kappa shape index (κ2) is 8.34. The van der Waals surface area contributed by atoms with Gasteiger partial charge in [-0.1, -0.05) is 20.4 Å². The first-order valence-electron chi connectivity index (χ1n) is 9.54. The Bertz CT molecular complexity index is 940. The fourth-order valence-electron chi connectivity index (χ4n) is 3.68. The molecule has 29 heavy (non-hydrogen) atoms. The molecule has 1 aromatic heterocycles. The summed E-state index contributed by atoms with van der Waals surface area (Å²) in [7, 11) is 4.17. The Morgan fingerprint density at radius 2 is 2.03 bits per heavy atom. The minimum atomic E-state index is -0.531. The number of aryl methyl sites for hydroxylation is 1. The van der Waals surface area contributed by atoms with E-state index in [1.807, 2.05) is 12.1 Å². The molecule has 3 rings (SSSR count). The van der Waals surface area contributed by atoms with E-state index >= 15 is 0 Å². The second-order valence-corrected chi connectivity index (χ2v) is 7.22. The molecular weight excluding hydrogens is 368 g/mol. The summed E-state index contributed by atoms with van der Waals surface area (Å²) in [4.78, 5) is 18.5. The van der Waals surface area contributed by atoms with Crippen molar-refractivity contribution in [1.82, 2.24) is 9.88 Å². The zero-order valence-electron chi connectivity index (χ0n) is 17.2. The second-order valence-electron chi connectivity index (χ2n) is 7.22. The van der Waals surface area contributed by atoms with Gasteiger partial charge >= 0.3 is 5.82 Å². The summed E-state index contributed by atoms with van der Waals surface area (Å²) in [5.74, 6) is 1.22. The highest BCUT2D eigenvalue weighted by Gasteiger charge is 2.29. The monoisotopic (exact) mass is 394 g/mol. The van der Waals surface area contributed by atoms with E-state index in [1.54, 1.807) is 6.07 Å². The van der Waals surface area contributed by atoms with Crippen LogP contribution in [0.15, 0.2) is 61.0 Å². The number of anilines is 1. The summed E-state index contributed by atoms with van der Waals surface area (Å²) in [6.07, 6.45) is 6.50. The molecule has 2 aromatic rings. The molecule has 7 nitrogen and oxygen atoms in total. The van der Waals surface area contributed by atoms with Crippen LogP contribution in [0.3, 0.4) is 0 Å². The smallest absolute Gasteiger partial charge is 0.363 e. The van der Waals surface area contributed by atoms with Crippen molar-refractivity contribution in [3.05, 3.63) is 76.6 Å². The Kier molecular flexibility index (Phi) is 5.87. The van der Waals surface area contributed by atoms with Gasteiger partial charge in [0.25, 0.3) is 0 Å². The molecule has 0 radical (unpaired) electrons. The van der Waals surface area contributed by atoms with Gasteiger partial charge < -0.3 is 24.7 Å². The van der Waals surface area contributed by atoms with Gasteiger partial charge in [0.2, 0.25) is 0 Å². The van der Waals surface area contributed by atoms with Gasteiger partial charge in [-0.2, -0.15) is 0 Å². The zero-order valence-corrected chi connectivity index (χ0v) is 17.2. The maximum Gasteiger partial charge on any atom is 0.363 e. The maximum atomic E-state index is 10.7. The van der Waals surface area contributed by atoms with Crippen LogP contribution < -0.4 is 9.64 Å². The first kappa shape index (κ1) is 20.4. The molecule has 0 saturated carbocycles. The molecule has 1 aliphatic rings. The molecule has 1 aromatic carbocycles.